The van der Waals surface area contributed by atoms with Crippen LogP contribution in [0.1, 0.15) is 31.9 Å². The van der Waals surface area contributed by atoms with Gasteiger partial charge in [0.25, 0.3) is 0 Å². The Bertz CT molecular complexity index is 248. The van der Waals surface area contributed by atoms with Crippen molar-refractivity contribution in [2.75, 3.05) is 6.61 Å². The standard InChI is InChI=1S/C12H19NO/c1-3-12(13-10(2)9-14)11-7-5-4-6-8-11/h4-8,10,12-14H,3,9H2,1-2H3. The summed E-state index contributed by atoms with van der Waals surface area (Å²) in [4.78, 5) is 0. The molecule has 14 heavy (non-hydrogen) atoms. The van der Waals surface area contributed by atoms with Crippen LogP contribution in [0.2, 0.25) is 0 Å². The second kappa shape index (κ2) is 5.78. The molecule has 1 rings (SSSR count). The van der Waals surface area contributed by atoms with Gasteiger partial charge >= 0.3 is 0 Å². The molecule has 0 radical (unpaired) electrons. The van der Waals surface area contributed by atoms with Crippen molar-refractivity contribution in [2.24, 2.45) is 0 Å². The van der Waals surface area contributed by atoms with Gasteiger partial charge in [0.05, 0.1) is 6.61 Å². The molecule has 2 nitrogen and oxygen atoms in total. The van der Waals surface area contributed by atoms with Crippen LogP contribution in [-0.2, 0) is 0 Å². The smallest absolute Gasteiger partial charge is 0.0582 e. The molecule has 0 spiro atoms. The first-order valence-corrected chi connectivity index (χ1v) is 5.19. The number of benzene rings is 1. The van der Waals surface area contributed by atoms with Crippen LogP contribution in [0.5, 0.6) is 0 Å². The lowest BCUT2D eigenvalue weighted by Crippen LogP contribution is -2.32. The van der Waals surface area contributed by atoms with E-state index in [0.717, 1.165) is 6.42 Å². The van der Waals surface area contributed by atoms with Crippen LogP contribution in [0, 0.1) is 0 Å². The molecule has 0 bridgehead atoms. The van der Waals surface area contributed by atoms with Gasteiger partial charge in [-0.2, -0.15) is 0 Å². The Labute approximate surface area is 86.0 Å². The van der Waals surface area contributed by atoms with Crippen LogP contribution in [0.25, 0.3) is 0 Å². The van der Waals surface area contributed by atoms with Gasteiger partial charge in [0.15, 0.2) is 0 Å². The van der Waals surface area contributed by atoms with Gasteiger partial charge in [-0.25, -0.2) is 0 Å². The van der Waals surface area contributed by atoms with Gasteiger partial charge < -0.3 is 10.4 Å². The molecule has 1 aromatic rings. The molecule has 0 amide bonds. The summed E-state index contributed by atoms with van der Waals surface area (Å²) in [7, 11) is 0. The molecular formula is C12H19NO. The summed E-state index contributed by atoms with van der Waals surface area (Å²) in [5.74, 6) is 0. The highest BCUT2D eigenvalue weighted by Gasteiger charge is 2.10. The normalized spacial score (nSPS) is 15.1. The van der Waals surface area contributed by atoms with Gasteiger partial charge in [-0.05, 0) is 18.9 Å². The van der Waals surface area contributed by atoms with E-state index in [4.69, 9.17) is 5.11 Å². The summed E-state index contributed by atoms with van der Waals surface area (Å²) in [6.07, 6.45) is 1.04. The quantitative estimate of drug-likeness (QED) is 0.750. The van der Waals surface area contributed by atoms with Crippen molar-refractivity contribution in [1.29, 1.82) is 0 Å². The van der Waals surface area contributed by atoms with Crippen LogP contribution >= 0.6 is 0 Å². The third-order valence-electron chi connectivity index (χ3n) is 2.37. The molecule has 2 unspecified atom stereocenters. The van der Waals surface area contributed by atoms with Gasteiger partial charge in [0, 0.05) is 12.1 Å². The summed E-state index contributed by atoms with van der Waals surface area (Å²) in [6, 6.07) is 10.8. The minimum Gasteiger partial charge on any atom is -0.395 e. The van der Waals surface area contributed by atoms with E-state index in [1.165, 1.54) is 5.56 Å². The monoisotopic (exact) mass is 193 g/mol. The number of aliphatic hydroxyl groups excluding tert-OH is 1. The van der Waals surface area contributed by atoms with Crippen molar-refractivity contribution in [3.8, 4) is 0 Å². The fourth-order valence-electron chi connectivity index (χ4n) is 1.53. The average molecular weight is 193 g/mol. The van der Waals surface area contributed by atoms with Gasteiger partial charge in [0.1, 0.15) is 0 Å². The molecule has 0 saturated carbocycles. The minimum absolute atomic E-state index is 0.153. The second-order valence-electron chi connectivity index (χ2n) is 3.62. The van der Waals surface area contributed by atoms with E-state index in [1.807, 2.05) is 25.1 Å². The largest absolute Gasteiger partial charge is 0.395 e. The number of nitrogens with one attached hydrogen (secondary N) is 1. The zero-order chi connectivity index (χ0) is 10.4. The maximum atomic E-state index is 8.96. The summed E-state index contributed by atoms with van der Waals surface area (Å²) in [5.41, 5.74) is 1.29. The summed E-state index contributed by atoms with van der Waals surface area (Å²) >= 11 is 0. The van der Waals surface area contributed by atoms with E-state index in [1.54, 1.807) is 0 Å². The highest BCUT2D eigenvalue weighted by Crippen LogP contribution is 2.16. The molecule has 0 saturated heterocycles. The number of hydrogen-bond acceptors (Lipinski definition) is 2. The van der Waals surface area contributed by atoms with Crippen molar-refractivity contribution in [3.05, 3.63) is 35.9 Å². The first kappa shape index (κ1) is 11.2. The third-order valence-corrected chi connectivity index (χ3v) is 2.37. The molecular weight excluding hydrogens is 174 g/mol. The number of aliphatic hydroxyl groups is 1. The summed E-state index contributed by atoms with van der Waals surface area (Å²) in [6.45, 7) is 4.32. The minimum atomic E-state index is 0.153. The molecule has 1 aromatic carbocycles. The Morgan fingerprint density at radius 3 is 2.43 bits per heavy atom. The number of rotatable bonds is 5. The van der Waals surface area contributed by atoms with E-state index in [9.17, 15) is 0 Å². The third kappa shape index (κ3) is 3.13. The Kier molecular flexibility index (Phi) is 4.63. The molecule has 2 heteroatoms. The predicted molar refractivity (Wildman–Crippen MR) is 59.2 cm³/mol. The van der Waals surface area contributed by atoms with E-state index in [-0.39, 0.29) is 12.6 Å². The van der Waals surface area contributed by atoms with Gasteiger partial charge in [-0.1, -0.05) is 37.3 Å². The zero-order valence-electron chi connectivity index (χ0n) is 8.90. The molecule has 2 atom stereocenters. The summed E-state index contributed by atoms with van der Waals surface area (Å²) in [5, 5.41) is 12.3. The van der Waals surface area contributed by atoms with Crippen LogP contribution in [-0.4, -0.2) is 17.8 Å². The maximum absolute atomic E-state index is 8.96. The van der Waals surface area contributed by atoms with Crippen molar-refractivity contribution in [3.63, 3.8) is 0 Å². The first-order chi connectivity index (χ1) is 6.77. The molecule has 2 N–H and O–H groups in total. The van der Waals surface area contributed by atoms with Crippen molar-refractivity contribution in [2.45, 2.75) is 32.4 Å². The molecule has 0 aromatic heterocycles. The molecule has 0 heterocycles. The van der Waals surface area contributed by atoms with E-state index in [2.05, 4.69) is 24.4 Å². The van der Waals surface area contributed by atoms with E-state index in [0.29, 0.717) is 6.04 Å². The SMILES string of the molecule is CCC(NC(C)CO)c1ccccc1. The Hall–Kier alpha value is -0.860. The topological polar surface area (TPSA) is 32.3 Å². The molecule has 0 fully saturated rings. The predicted octanol–water partition coefficient (Wildman–Crippen LogP) is 2.11. The van der Waals surface area contributed by atoms with Gasteiger partial charge in [0.2, 0.25) is 0 Å². The Morgan fingerprint density at radius 1 is 1.29 bits per heavy atom. The lowest BCUT2D eigenvalue weighted by atomic mass is 10.0. The molecule has 78 valence electrons. The van der Waals surface area contributed by atoms with E-state index >= 15 is 0 Å². The van der Waals surface area contributed by atoms with Crippen LogP contribution in [0.4, 0.5) is 0 Å². The summed E-state index contributed by atoms with van der Waals surface area (Å²) < 4.78 is 0. The average Bonchev–Trinajstić information content (AvgIpc) is 2.26. The highest BCUT2D eigenvalue weighted by molar-refractivity contribution is 5.18. The van der Waals surface area contributed by atoms with E-state index < -0.39 is 0 Å². The van der Waals surface area contributed by atoms with Crippen LogP contribution in [0.15, 0.2) is 30.3 Å². The second-order valence-corrected chi connectivity index (χ2v) is 3.62. The first-order valence-electron chi connectivity index (χ1n) is 5.19. The zero-order valence-corrected chi connectivity index (χ0v) is 8.90. The molecule has 0 aliphatic rings. The van der Waals surface area contributed by atoms with Crippen molar-refractivity contribution >= 4 is 0 Å². The van der Waals surface area contributed by atoms with Crippen molar-refractivity contribution < 1.29 is 5.11 Å². The van der Waals surface area contributed by atoms with Crippen LogP contribution in [0.3, 0.4) is 0 Å². The fourth-order valence-corrected chi connectivity index (χ4v) is 1.53. The number of hydrogen-bond donors (Lipinski definition) is 2. The maximum Gasteiger partial charge on any atom is 0.0582 e. The fraction of sp³-hybridized carbons (Fsp3) is 0.500. The Balaban J connectivity index is 2.63. The van der Waals surface area contributed by atoms with Crippen molar-refractivity contribution in [1.82, 2.24) is 5.32 Å². The van der Waals surface area contributed by atoms with Gasteiger partial charge in [-0.3, -0.25) is 0 Å². The lowest BCUT2D eigenvalue weighted by Gasteiger charge is -2.21. The van der Waals surface area contributed by atoms with Crippen LogP contribution < -0.4 is 5.32 Å². The molecule has 0 aliphatic carbocycles. The lowest BCUT2D eigenvalue weighted by molar-refractivity contribution is 0.239. The molecule has 0 aliphatic heterocycles. The van der Waals surface area contributed by atoms with Gasteiger partial charge in [-0.15, -0.1) is 0 Å². The Morgan fingerprint density at radius 2 is 1.93 bits per heavy atom. The highest BCUT2D eigenvalue weighted by atomic mass is 16.3.